The number of ether oxygens (including phenoxy) is 2. The Morgan fingerprint density at radius 2 is 1.92 bits per heavy atom. The van der Waals surface area contributed by atoms with E-state index in [4.69, 9.17) is 9.47 Å². The molecule has 1 aromatic carbocycles. The van der Waals surface area contributed by atoms with E-state index in [0.717, 1.165) is 29.9 Å². The first-order valence-electron chi connectivity index (χ1n) is 8.77. The van der Waals surface area contributed by atoms with Gasteiger partial charge < -0.3 is 19.7 Å². The first-order chi connectivity index (χ1) is 11.5. The van der Waals surface area contributed by atoms with Crippen LogP contribution in [0, 0.1) is 5.92 Å². The van der Waals surface area contributed by atoms with Gasteiger partial charge in [-0.05, 0) is 42.9 Å². The van der Waals surface area contributed by atoms with Gasteiger partial charge in [0, 0.05) is 19.6 Å². The monoisotopic (exact) mass is 334 g/mol. The van der Waals surface area contributed by atoms with Crippen LogP contribution >= 0.6 is 0 Å². The zero-order chi connectivity index (χ0) is 17.5. The van der Waals surface area contributed by atoms with Crippen LogP contribution in [0.2, 0.25) is 0 Å². The van der Waals surface area contributed by atoms with Crippen molar-refractivity contribution >= 4 is 6.03 Å². The number of nitrogens with zero attached hydrogens (tertiary/aromatic N) is 1. The van der Waals surface area contributed by atoms with Gasteiger partial charge in [0.2, 0.25) is 0 Å². The summed E-state index contributed by atoms with van der Waals surface area (Å²) in [5, 5.41) is 3.19. The van der Waals surface area contributed by atoms with E-state index in [2.05, 4.69) is 12.2 Å². The summed E-state index contributed by atoms with van der Waals surface area (Å²) in [4.78, 5) is 14.1. The number of benzene rings is 1. The number of urea groups is 1. The average Bonchev–Trinajstić information content (AvgIpc) is 2.61. The molecule has 0 aromatic heterocycles. The normalized spacial score (nSPS) is 20.3. The van der Waals surface area contributed by atoms with Crippen molar-refractivity contribution in [2.45, 2.75) is 45.1 Å². The number of methoxy groups -OCH3 is 2. The van der Waals surface area contributed by atoms with E-state index in [0.29, 0.717) is 18.5 Å². The first-order valence-corrected chi connectivity index (χ1v) is 8.77. The van der Waals surface area contributed by atoms with Crippen molar-refractivity contribution < 1.29 is 14.3 Å². The van der Waals surface area contributed by atoms with E-state index in [1.807, 2.05) is 25.2 Å². The summed E-state index contributed by atoms with van der Waals surface area (Å²) in [7, 11) is 5.11. The SMILES string of the molecule is COc1ccc(CCN(C)C(=O)N[C@H]2CCCC[C@H]2C)cc1OC. The molecule has 1 aliphatic rings. The second-order valence-electron chi connectivity index (χ2n) is 6.68. The lowest BCUT2D eigenvalue weighted by molar-refractivity contribution is 0.192. The molecule has 0 spiro atoms. The zero-order valence-electron chi connectivity index (χ0n) is 15.3. The quantitative estimate of drug-likeness (QED) is 0.867. The summed E-state index contributed by atoms with van der Waals surface area (Å²) >= 11 is 0. The Hall–Kier alpha value is -1.91. The van der Waals surface area contributed by atoms with Gasteiger partial charge >= 0.3 is 6.03 Å². The maximum absolute atomic E-state index is 12.4. The topological polar surface area (TPSA) is 50.8 Å². The molecule has 24 heavy (non-hydrogen) atoms. The summed E-state index contributed by atoms with van der Waals surface area (Å²) in [6.07, 6.45) is 5.58. The third-order valence-electron chi connectivity index (χ3n) is 4.95. The van der Waals surface area contributed by atoms with E-state index >= 15 is 0 Å². The molecule has 0 aliphatic heterocycles. The van der Waals surface area contributed by atoms with Crippen molar-refractivity contribution in [2.24, 2.45) is 5.92 Å². The maximum atomic E-state index is 12.4. The first kappa shape index (κ1) is 18.4. The largest absolute Gasteiger partial charge is 0.493 e. The number of hydrogen-bond donors (Lipinski definition) is 1. The van der Waals surface area contributed by atoms with E-state index in [1.54, 1.807) is 19.1 Å². The number of hydrogen-bond acceptors (Lipinski definition) is 3. The Morgan fingerprint density at radius 3 is 2.58 bits per heavy atom. The predicted molar refractivity (Wildman–Crippen MR) is 95.8 cm³/mol. The van der Waals surface area contributed by atoms with Crippen LogP contribution in [-0.2, 0) is 6.42 Å². The summed E-state index contributed by atoms with van der Waals surface area (Å²) < 4.78 is 10.6. The Morgan fingerprint density at radius 1 is 1.21 bits per heavy atom. The van der Waals surface area contributed by atoms with Crippen molar-refractivity contribution in [1.29, 1.82) is 0 Å². The number of rotatable bonds is 6. The minimum absolute atomic E-state index is 0.0224. The fourth-order valence-electron chi connectivity index (χ4n) is 3.23. The van der Waals surface area contributed by atoms with Crippen LogP contribution in [-0.4, -0.2) is 44.8 Å². The zero-order valence-corrected chi connectivity index (χ0v) is 15.3. The summed E-state index contributed by atoms with van der Waals surface area (Å²) in [6, 6.07) is 6.21. The molecular weight excluding hydrogens is 304 g/mol. The van der Waals surface area contributed by atoms with Crippen LogP contribution in [0.4, 0.5) is 4.79 Å². The molecule has 5 nitrogen and oxygen atoms in total. The molecule has 0 saturated heterocycles. The Labute approximate surface area is 145 Å². The molecule has 2 rings (SSSR count). The lowest BCUT2D eigenvalue weighted by atomic mass is 9.86. The molecule has 1 aromatic rings. The van der Waals surface area contributed by atoms with E-state index in [-0.39, 0.29) is 6.03 Å². The van der Waals surface area contributed by atoms with Gasteiger partial charge in [0.25, 0.3) is 0 Å². The van der Waals surface area contributed by atoms with Crippen LogP contribution in [0.25, 0.3) is 0 Å². The molecule has 1 N–H and O–H groups in total. The molecule has 1 aliphatic carbocycles. The Kier molecular flexibility index (Phi) is 6.76. The molecule has 1 fully saturated rings. The van der Waals surface area contributed by atoms with Crippen molar-refractivity contribution in [3.05, 3.63) is 23.8 Å². The minimum atomic E-state index is 0.0224. The molecule has 134 valence electrons. The van der Waals surface area contributed by atoms with Crippen molar-refractivity contribution in [3.8, 4) is 11.5 Å². The van der Waals surface area contributed by atoms with Gasteiger partial charge in [0.05, 0.1) is 14.2 Å². The molecule has 1 saturated carbocycles. The molecule has 0 bridgehead atoms. The molecule has 2 atom stereocenters. The van der Waals surface area contributed by atoms with Gasteiger partial charge in [-0.2, -0.15) is 0 Å². The fourth-order valence-corrected chi connectivity index (χ4v) is 3.23. The maximum Gasteiger partial charge on any atom is 0.317 e. The highest BCUT2D eigenvalue weighted by atomic mass is 16.5. The van der Waals surface area contributed by atoms with Crippen LogP contribution < -0.4 is 14.8 Å². The molecule has 0 unspecified atom stereocenters. The molecule has 2 amide bonds. The fraction of sp³-hybridized carbons (Fsp3) is 0.632. The molecule has 0 radical (unpaired) electrons. The lowest BCUT2D eigenvalue weighted by Gasteiger charge is -2.31. The number of carbonyl (C=O) groups excluding carboxylic acids is 1. The molecule has 5 heteroatoms. The van der Waals surface area contributed by atoms with Crippen LogP contribution in [0.5, 0.6) is 11.5 Å². The minimum Gasteiger partial charge on any atom is -0.493 e. The number of amides is 2. The Balaban J connectivity index is 1.85. The summed E-state index contributed by atoms with van der Waals surface area (Å²) in [6.45, 7) is 2.90. The van der Waals surface area contributed by atoms with Gasteiger partial charge in [-0.3, -0.25) is 0 Å². The van der Waals surface area contributed by atoms with Crippen LogP contribution in [0.1, 0.15) is 38.2 Å². The number of carbonyl (C=O) groups is 1. The van der Waals surface area contributed by atoms with Gasteiger partial charge in [-0.15, -0.1) is 0 Å². The highest BCUT2D eigenvalue weighted by Gasteiger charge is 2.23. The Bertz CT molecular complexity index is 547. The summed E-state index contributed by atoms with van der Waals surface area (Å²) in [5.74, 6) is 2.01. The highest BCUT2D eigenvalue weighted by molar-refractivity contribution is 5.74. The van der Waals surface area contributed by atoms with Crippen LogP contribution in [0.15, 0.2) is 18.2 Å². The number of likely N-dealkylation sites (N-methyl/N-ethyl adjacent to an activating group) is 1. The smallest absolute Gasteiger partial charge is 0.317 e. The standard InChI is InChI=1S/C19H30N2O3/c1-14-7-5-6-8-16(14)20-19(22)21(2)12-11-15-9-10-17(23-3)18(13-15)24-4/h9-10,13-14,16H,5-8,11-12H2,1-4H3,(H,20,22)/t14-,16+/m1/s1. The van der Waals surface area contributed by atoms with Gasteiger partial charge in [-0.25, -0.2) is 4.79 Å². The van der Waals surface area contributed by atoms with Crippen molar-refractivity contribution in [1.82, 2.24) is 10.2 Å². The van der Waals surface area contributed by atoms with Gasteiger partial charge in [0.15, 0.2) is 11.5 Å². The average molecular weight is 334 g/mol. The molecule has 0 heterocycles. The van der Waals surface area contributed by atoms with Crippen molar-refractivity contribution in [3.63, 3.8) is 0 Å². The number of nitrogens with one attached hydrogen (secondary N) is 1. The summed E-state index contributed by atoms with van der Waals surface area (Å²) in [5.41, 5.74) is 1.12. The van der Waals surface area contributed by atoms with E-state index in [1.165, 1.54) is 19.3 Å². The van der Waals surface area contributed by atoms with E-state index in [9.17, 15) is 4.79 Å². The van der Waals surface area contributed by atoms with E-state index < -0.39 is 0 Å². The second-order valence-corrected chi connectivity index (χ2v) is 6.68. The van der Waals surface area contributed by atoms with Gasteiger partial charge in [0.1, 0.15) is 0 Å². The van der Waals surface area contributed by atoms with Gasteiger partial charge in [-0.1, -0.05) is 25.8 Å². The third-order valence-corrected chi connectivity index (χ3v) is 4.95. The van der Waals surface area contributed by atoms with Crippen molar-refractivity contribution in [2.75, 3.05) is 27.8 Å². The molecular formula is C19H30N2O3. The predicted octanol–water partition coefficient (Wildman–Crippen LogP) is 3.47. The van der Waals surface area contributed by atoms with Crippen LogP contribution in [0.3, 0.4) is 0 Å². The second kappa shape index (κ2) is 8.81. The lowest BCUT2D eigenvalue weighted by Crippen LogP contribution is -2.47. The highest BCUT2D eigenvalue weighted by Crippen LogP contribution is 2.28. The third kappa shape index (κ3) is 4.79.